The van der Waals surface area contributed by atoms with Crippen LogP contribution in [0.2, 0.25) is 0 Å². The predicted molar refractivity (Wildman–Crippen MR) is 71.9 cm³/mol. The molecule has 0 fully saturated rings. The summed E-state index contributed by atoms with van der Waals surface area (Å²) in [7, 11) is 1.37. The number of hydrogen-bond acceptors (Lipinski definition) is 5. The molecule has 1 unspecified atom stereocenters. The van der Waals surface area contributed by atoms with Crippen molar-refractivity contribution in [2.24, 2.45) is 0 Å². The summed E-state index contributed by atoms with van der Waals surface area (Å²) < 4.78 is 4.69. The van der Waals surface area contributed by atoms with Crippen LogP contribution in [0.1, 0.15) is 29.0 Å². The molecule has 1 aromatic carbocycles. The molecule has 0 aliphatic heterocycles. The molecule has 98 valence electrons. The number of methoxy groups -OCH3 is 1. The maximum atomic E-state index is 11.4. The first kappa shape index (κ1) is 13.0. The van der Waals surface area contributed by atoms with Gasteiger partial charge in [-0.25, -0.2) is 4.79 Å². The number of anilines is 1. The van der Waals surface area contributed by atoms with E-state index in [2.05, 4.69) is 15.3 Å². The van der Waals surface area contributed by atoms with E-state index in [1.165, 1.54) is 7.11 Å². The molecule has 0 saturated carbocycles. The van der Waals surface area contributed by atoms with Crippen molar-refractivity contribution in [1.29, 1.82) is 0 Å². The number of benzene rings is 1. The van der Waals surface area contributed by atoms with E-state index in [1.54, 1.807) is 36.8 Å². The standard InChI is InChI=1S/C14H15N3O2/c1-10(13-9-15-6-7-16-13)17-12-5-3-4-11(8-12)14(18)19-2/h3-10,17H,1-2H3. The molecular weight excluding hydrogens is 242 g/mol. The number of aromatic nitrogens is 2. The lowest BCUT2D eigenvalue weighted by atomic mass is 10.1. The highest BCUT2D eigenvalue weighted by Gasteiger charge is 2.09. The summed E-state index contributed by atoms with van der Waals surface area (Å²) in [6.07, 6.45) is 4.99. The second-order valence-electron chi connectivity index (χ2n) is 4.07. The summed E-state index contributed by atoms with van der Waals surface area (Å²) in [4.78, 5) is 19.7. The Kier molecular flexibility index (Phi) is 4.07. The van der Waals surface area contributed by atoms with E-state index in [-0.39, 0.29) is 12.0 Å². The van der Waals surface area contributed by atoms with Gasteiger partial charge in [0.15, 0.2) is 0 Å². The van der Waals surface area contributed by atoms with Crippen molar-refractivity contribution in [1.82, 2.24) is 9.97 Å². The van der Waals surface area contributed by atoms with E-state index in [0.717, 1.165) is 11.4 Å². The van der Waals surface area contributed by atoms with Crippen LogP contribution in [0.15, 0.2) is 42.9 Å². The number of carbonyl (C=O) groups is 1. The normalized spacial score (nSPS) is 11.7. The molecular formula is C14H15N3O2. The van der Waals surface area contributed by atoms with Crippen LogP contribution in [0.25, 0.3) is 0 Å². The van der Waals surface area contributed by atoms with Gasteiger partial charge in [-0.3, -0.25) is 9.97 Å². The van der Waals surface area contributed by atoms with Crippen LogP contribution < -0.4 is 5.32 Å². The number of ether oxygens (including phenoxy) is 1. The average Bonchev–Trinajstić information content (AvgIpc) is 2.47. The van der Waals surface area contributed by atoms with Crippen LogP contribution in [0.5, 0.6) is 0 Å². The van der Waals surface area contributed by atoms with Gasteiger partial charge in [0.2, 0.25) is 0 Å². The monoisotopic (exact) mass is 257 g/mol. The molecule has 1 N–H and O–H groups in total. The van der Waals surface area contributed by atoms with Gasteiger partial charge in [0.1, 0.15) is 0 Å². The predicted octanol–water partition coefficient (Wildman–Crippen LogP) is 2.44. The second-order valence-corrected chi connectivity index (χ2v) is 4.07. The van der Waals surface area contributed by atoms with Gasteiger partial charge in [0.25, 0.3) is 0 Å². The quantitative estimate of drug-likeness (QED) is 0.852. The zero-order valence-electron chi connectivity index (χ0n) is 10.8. The molecule has 0 amide bonds. The zero-order valence-corrected chi connectivity index (χ0v) is 10.8. The Balaban J connectivity index is 2.13. The van der Waals surface area contributed by atoms with Crippen molar-refractivity contribution < 1.29 is 9.53 Å². The third-order valence-electron chi connectivity index (χ3n) is 2.69. The first-order chi connectivity index (χ1) is 9.20. The van der Waals surface area contributed by atoms with Crippen molar-refractivity contribution in [3.05, 3.63) is 54.1 Å². The number of esters is 1. The summed E-state index contributed by atoms with van der Waals surface area (Å²) in [6, 6.07) is 7.15. The van der Waals surface area contributed by atoms with Crippen LogP contribution in [-0.2, 0) is 4.74 Å². The van der Waals surface area contributed by atoms with Crippen LogP contribution >= 0.6 is 0 Å². The highest BCUT2D eigenvalue weighted by atomic mass is 16.5. The molecule has 5 heteroatoms. The molecule has 0 spiro atoms. The number of nitrogens with one attached hydrogen (secondary N) is 1. The molecule has 2 aromatic rings. The van der Waals surface area contributed by atoms with Gasteiger partial charge in [-0.05, 0) is 25.1 Å². The van der Waals surface area contributed by atoms with Crippen LogP contribution in [-0.4, -0.2) is 23.0 Å². The molecule has 1 aromatic heterocycles. The fourth-order valence-corrected chi connectivity index (χ4v) is 1.71. The van der Waals surface area contributed by atoms with Crippen molar-refractivity contribution in [2.45, 2.75) is 13.0 Å². The minimum Gasteiger partial charge on any atom is -0.465 e. The summed E-state index contributed by atoms with van der Waals surface area (Å²) in [6.45, 7) is 1.98. The second kappa shape index (κ2) is 5.95. The van der Waals surface area contributed by atoms with E-state index in [1.807, 2.05) is 13.0 Å². The molecule has 0 bridgehead atoms. The lowest BCUT2D eigenvalue weighted by Crippen LogP contribution is -2.09. The lowest BCUT2D eigenvalue weighted by Gasteiger charge is -2.14. The first-order valence-corrected chi connectivity index (χ1v) is 5.91. The van der Waals surface area contributed by atoms with Crippen molar-refractivity contribution >= 4 is 11.7 Å². The Labute approximate surface area is 111 Å². The molecule has 1 atom stereocenters. The molecule has 0 aliphatic rings. The van der Waals surface area contributed by atoms with Crippen LogP contribution in [0, 0.1) is 0 Å². The lowest BCUT2D eigenvalue weighted by molar-refractivity contribution is 0.0601. The minimum atomic E-state index is -0.351. The van der Waals surface area contributed by atoms with E-state index in [9.17, 15) is 4.79 Å². The largest absolute Gasteiger partial charge is 0.465 e. The Bertz CT molecular complexity index is 558. The maximum absolute atomic E-state index is 11.4. The molecule has 0 aliphatic carbocycles. The van der Waals surface area contributed by atoms with Gasteiger partial charge >= 0.3 is 5.97 Å². The summed E-state index contributed by atoms with van der Waals surface area (Å²) in [5, 5.41) is 3.27. The van der Waals surface area contributed by atoms with Crippen LogP contribution in [0.3, 0.4) is 0 Å². The highest BCUT2D eigenvalue weighted by molar-refractivity contribution is 5.90. The van der Waals surface area contributed by atoms with Gasteiger partial charge in [-0.15, -0.1) is 0 Å². The fraction of sp³-hybridized carbons (Fsp3) is 0.214. The van der Waals surface area contributed by atoms with Crippen molar-refractivity contribution in [3.8, 4) is 0 Å². The Hall–Kier alpha value is -2.43. The smallest absolute Gasteiger partial charge is 0.337 e. The molecule has 1 heterocycles. The third kappa shape index (κ3) is 3.28. The Morgan fingerprint density at radius 2 is 2.21 bits per heavy atom. The topological polar surface area (TPSA) is 64.1 Å². The van der Waals surface area contributed by atoms with E-state index in [0.29, 0.717) is 5.56 Å². The van der Waals surface area contributed by atoms with E-state index < -0.39 is 0 Å². The third-order valence-corrected chi connectivity index (χ3v) is 2.69. The average molecular weight is 257 g/mol. The molecule has 19 heavy (non-hydrogen) atoms. The molecule has 2 rings (SSSR count). The SMILES string of the molecule is COC(=O)c1cccc(NC(C)c2cnccn2)c1. The summed E-state index contributed by atoms with van der Waals surface area (Å²) in [5.74, 6) is -0.351. The number of nitrogens with zero attached hydrogens (tertiary/aromatic N) is 2. The van der Waals surface area contributed by atoms with Gasteiger partial charge in [0.05, 0.1) is 30.6 Å². The highest BCUT2D eigenvalue weighted by Crippen LogP contribution is 2.18. The zero-order chi connectivity index (χ0) is 13.7. The number of rotatable bonds is 4. The van der Waals surface area contributed by atoms with E-state index >= 15 is 0 Å². The van der Waals surface area contributed by atoms with Gasteiger partial charge in [-0.2, -0.15) is 0 Å². The Morgan fingerprint density at radius 1 is 1.37 bits per heavy atom. The van der Waals surface area contributed by atoms with Gasteiger partial charge in [-0.1, -0.05) is 6.07 Å². The Morgan fingerprint density at radius 3 is 2.89 bits per heavy atom. The molecule has 0 saturated heterocycles. The van der Waals surface area contributed by atoms with E-state index in [4.69, 9.17) is 4.74 Å². The maximum Gasteiger partial charge on any atom is 0.337 e. The number of carbonyl (C=O) groups excluding carboxylic acids is 1. The van der Waals surface area contributed by atoms with Crippen molar-refractivity contribution in [3.63, 3.8) is 0 Å². The fourth-order valence-electron chi connectivity index (χ4n) is 1.71. The molecule has 0 radical (unpaired) electrons. The van der Waals surface area contributed by atoms with Gasteiger partial charge in [0, 0.05) is 18.1 Å². The minimum absolute atomic E-state index is 0.00148. The molecule has 5 nitrogen and oxygen atoms in total. The summed E-state index contributed by atoms with van der Waals surface area (Å²) >= 11 is 0. The van der Waals surface area contributed by atoms with Crippen molar-refractivity contribution in [2.75, 3.05) is 12.4 Å². The summed E-state index contributed by atoms with van der Waals surface area (Å²) in [5.41, 5.74) is 2.19. The first-order valence-electron chi connectivity index (χ1n) is 5.91. The van der Waals surface area contributed by atoms with Crippen LogP contribution in [0.4, 0.5) is 5.69 Å². The number of hydrogen-bond donors (Lipinski definition) is 1. The van der Waals surface area contributed by atoms with Gasteiger partial charge < -0.3 is 10.1 Å².